The van der Waals surface area contributed by atoms with Crippen molar-refractivity contribution in [2.45, 2.75) is 84.0 Å². The zero-order valence-electron chi connectivity index (χ0n) is 14.7. The number of hydrogen-bond acceptors (Lipinski definition) is 4. The molecule has 0 fully saturated rings. The molecule has 0 saturated heterocycles. The van der Waals surface area contributed by atoms with Crippen LogP contribution in [-0.2, 0) is 14.3 Å². The molecular weight excluding hydrogens is 284 g/mol. The van der Waals surface area contributed by atoms with Gasteiger partial charge in [-0.3, -0.25) is 4.79 Å². The lowest BCUT2D eigenvalue weighted by Gasteiger charge is -2.29. The number of carbonyl (C=O) groups is 1. The van der Waals surface area contributed by atoms with Crippen LogP contribution in [0.5, 0.6) is 0 Å². The standard InChI is InChI=1S/C17H34O3S/c1-7-9-14(10-8-2)15(18)19-12-11-16(3,4)20-13-17(5,6)21/h14,21H,7-13H2,1-6H3. The Balaban J connectivity index is 4.12. The van der Waals surface area contributed by atoms with Gasteiger partial charge in [-0.1, -0.05) is 26.7 Å². The molecule has 0 unspecified atom stereocenters. The zero-order valence-corrected chi connectivity index (χ0v) is 15.6. The maximum absolute atomic E-state index is 12.1. The first-order chi connectivity index (χ1) is 9.61. The second kappa shape index (κ2) is 9.73. The van der Waals surface area contributed by atoms with Crippen LogP contribution in [0, 0.1) is 5.92 Å². The van der Waals surface area contributed by atoms with Gasteiger partial charge in [0.05, 0.1) is 24.7 Å². The number of thiol groups is 1. The van der Waals surface area contributed by atoms with Crippen LogP contribution in [0.15, 0.2) is 0 Å². The van der Waals surface area contributed by atoms with E-state index >= 15 is 0 Å². The molecule has 0 aromatic carbocycles. The minimum atomic E-state index is -0.300. The highest BCUT2D eigenvalue weighted by Gasteiger charge is 2.24. The Labute approximate surface area is 136 Å². The summed E-state index contributed by atoms with van der Waals surface area (Å²) in [5, 5.41) is 0. The van der Waals surface area contributed by atoms with E-state index in [0.29, 0.717) is 19.6 Å². The van der Waals surface area contributed by atoms with Gasteiger partial charge < -0.3 is 9.47 Å². The maximum Gasteiger partial charge on any atom is 0.308 e. The summed E-state index contributed by atoms with van der Waals surface area (Å²) in [5.41, 5.74) is -0.300. The van der Waals surface area contributed by atoms with Crippen LogP contribution < -0.4 is 0 Å². The van der Waals surface area contributed by atoms with Crippen molar-refractivity contribution in [3.05, 3.63) is 0 Å². The SMILES string of the molecule is CCCC(CCC)C(=O)OCCC(C)(C)OCC(C)(C)S. The molecule has 4 heteroatoms. The van der Waals surface area contributed by atoms with Gasteiger partial charge in [-0.25, -0.2) is 0 Å². The molecule has 0 aliphatic heterocycles. The highest BCUT2D eigenvalue weighted by molar-refractivity contribution is 7.81. The van der Waals surface area contributed by atoms with Crippen molar-refractivity contribution in [1.29, 1.82) is 0 Å². The third kappa shape index (κ3) is 11.1. The third-order valence-electron chi connectivity index (χ3n) is 3.37. The number of carbonyl (C=O) groups excluding carboxylic acids is 1. The van der Waals surface area contributed by atoms with Crippen molar-refractivity contribution in [1.82, 2.24) is 0 Å². The number of rotatable bonds is 11. The molecule has 0 bridgehead atoms. The molecule has 0 aliphatic carbocycles. The largest absolute Gasteiger partial charge is 0.465 e. The summed E-state index contributed by atoms with van der Waals surface area (Å²) in [7, 11) is 0. The first-order valence-corrected chi connectivity index (χ1v) is 8.59. The molecule has 3 nitrogen and oxygen atoms in total. The second-order valence-corrected chi connectivity index (χ2v) is 8.26. The predicted molar refractivity (Wildman–Crippen MR) is 92.0 cm³/mol. The summed E-state index contributed by atoms with van der Waals surface area (Å²) in [6.45, 7) is 13.3. The second-order valence-electron chi connectivity index (χ2n) is 7.05. The highest BCUT2D eigenvalue weighted by Crippen LogP contribution is 2.21. The summed E-state index contributed by atoms with van der Waals surface area (Å²) in [5.74, 6) is 0.00410. The molecule has 0 saturated carbocycles. The van der Waals surface area contributed by atoms with Crippen molar-refractivity contribution in [3.8, 4) is 0 Å². The molecule has 0 heterocycles. The van der Waals surface area contributed by atoms with Gasteiger partial charge in [0, 0.05) is 11.2 Å². The molecule has 21 heavy (non-hydrogen) atoms. The summed E-state index contributed by atoms with van der Waals surface area (Å²) in [6.07, 6.45) is 4.57. The van der Waals surface area contributed by atoms with Crippen LogP contribution in [0.4, 0.5) is 0 Å². The van der Waals surface area contributed by atoms with E-state index < -0.39 is 0 Å². The van der Waals surface area contributed by atoms with Crippen LogP contribution in [0.25, 0.3) is 0 Å². The van der Waals surface area contributed by atoms with Gasteiger partial charge in [0.2, 0.25) is 0 Å². The van der Waals surface area contributed by atoms with Gasteiger partial charge in [-0.2, -0.15) is 12.6 Å². The molecule has 0 atom stereocenters. The topological polar surface area (TPSA) is 35.5 Å². The molecule has 0 N–H and O–H groups in total. The fourth-order valence-electron chi connectivity index (χ4n) is 2.04. The number of esters is 1. The number of ether oxygens (including phenoxy) is 2. The highest BCUT2D eigenvalue weighted by atomic mass is 32.1. The summed E-state index contributed by atoms with van der Waals surface area (Å²) < 4.78 is 11.2. The van der Waals surface area contributed by atoms with Crippen LogP contribution in [0.1, 0.15) is 73.6 Å². The first-order valence-electron chi connectivity index (χ1n) is 8.14. The Bertz CT molecular complexity index is 289. The van der Waals surface area contributed by atoms with Crippen LogP contribution >= 0.6 is 12.6 Å². The van der Waals surface area contributed by atoms with Crippen molar-refractivity contribution in [2.24, 2.45) is 5.92 Å². The van der Waals surface area contributed by atoms with E-state index in [1.54, 1.807) is 0 Å². The Morgan fingerprint density at radius 3 is 2.05 bits per heavy atom. The van der Waals surface area contributed by atoms with Gasteiger partial charge in [0.25, 0.3) is 0 Å². The lowest BCUT2D eigenvalue weighted by Crippen LogP contribution is -2.33. The Morgan fingerprint density at radius 1 is 1.10 bits per heavy atom. The molecule has 0 spiro atoms. The lowest BCUT2D eigenvalue weighted by atomic mass is 9.98. The molecule has 0 aliphatic rings. The third-order valence-corrected chi connectivity index (χ3v) is 3.50. The molecule has 0 aromatic rings. The summed E-state index contributed by atoms with van der Waals surface area (Å²) in [6, 6.07) is 0. The molecule has 0 radical (unpaired) electrons. The van der Waals surface area contributed by atoms with E-state index in [1.807, 2.05) is 27.7 Å². The Hall–Kier alpha value is -0.220. The van der Waals surface area contributed by atoms with Gasteiger partial charge in [-0.05, 0) is 40.5 Å². The minimum Gasteiger partial charge on any atom is -0.465 e. The summed E-state index contributed by atoms with van der Waals surface area (Å²) >= 11 is 4.45. The maximum atomic E-state index is 12.1. The van der Waals surface area contributed by atoms with Crippen molar-refractivity contribution in [3.63, 3.8) is 0 Å². The smallest absolute Gasteiger partial charge is 0.308 e. The van der Waals surface area contributed by atoms with E-state index in [9.17, 15) is 4.79 Å². The van der Waals surface area contributed by atoms with E-state index in [2.05, 4.69) is 26.5 Å². The molecule has 126 valence electrons. The van der Waals surface area contributed by atoms with Gasteiger partial charge in [-0.15, -0.1) is 0 Å². The number of hydrogen-bond donors (Lipinski definition) is 1. The van der Waals surface area contributed by atoms with Gasteiger partial charge in [0.1, 0.15) is 0 Å². The average molecular weight is 319 g/mol. The quantitative estimate of drug-likeness (QED) is 0.445. The zero-order chi connectivity index (χ0) is 16.5. The molecule has 0 rings (SSSR count). The molecule has 0 amide bonds. The van der Waals surface area contributed by atoms with Crippen molar-refractivity contribution in [2.75, 3.05) is 13.2 Å². The first kappa shape index (κ1) is 20.8. The molecule has 0 aromatic heterocycles. The minimum absolute atomic E-state index is 0.0518. The Morgan fingerprint density at radius 2 is 1.62 bits per heavy atom. The van der Waals surface area contributed by atoms with Crippen LogP contribution in [0.2, 0.25) is 0 Å². The fraction of sp³-hybridized carbons (Fsp3) is 0.941. The fourth-order valence-corrected chi connectivity index (χ4v) is 2.10. The van der Waals surface area contributed by atoms with E-state index in [1.165, 1.54) is 0 Å². The lowest BCUT2D eigenvalue weighted by molar-refractivity contribution is -0.151. The summed E-state index contributed by atoms with van der Waals surface area (Å²) in [4.78, 5) is 12.1. The van der Waals surface area contributed by atoms with Crippen LogP contribution in [-0.4, -0.2) is 29.5 Å². The van der Waals surface area contributed by atoms with Gasteiger partial charge in [0.15, 0.2) is 0 Å². The Kier molecular flexibility index (Phi) is 9.63. The van der Waals surface area contributed by atoms with E-state index in [4.69, 9.17) is 9.47 Å². The average Bonchev–Trinajstić information content (AvgIpc) is 2.35. The van der Waals surface area contributed by atoms with Gasteiger partial charge >= 0.3 is 5.97 Å². The van der Waals surface area contributed by atoms with Crippen molar-refractivity contribution >= 4 is 18.6 Å². The molecular formula is C17H34O3S. The predicted octanol–water partition coefficient (Wildman–Crippen LogP) is 4.64. The van der Waals surface area contributed by atoms with Crippen LogP contribution in [0.3, 0.4) is 0 Å². The van der Waals surface area contributed by atoms with E-state index in [-0.39, 0.29) is 22.2 Å². The van der Waals surface area contributed by atoms with E-state index in [0.717, 1.165) is 25.7 Å². The monoisotopic (exact) mass is 318 g/mol. The normalized spacial score (nSPS) is 12.8. The van der Waals surface area contributed by atoms with Crippen molar-refractivity contribution < 1.29 is 14.3 Å².